The van der Waals surface area contributed by atoms with E-state index in [1.54, 1.807) is 0 Å². The summed E-state index contributed by atoms with van der Waals surface area (Å²) >= 11 is 11.5. The Morgan fingerprint density at radius 1 is 1.26 bits per heavy atom. The van der Waals surface area contributed by atoms with Gasteiger partial charge in [-0.2, -0.15) is 0 Å². The number of carbonyl (C=O) groups is 1. The number of aromatic nitrogens is 1. The van der Waals surface area contributed by atoms with Gasteiger partial charge in [0.1, 0.15) is 17.3 Å². The lowest BCUT2D eigenvalue weighted by Gasteiger charge is -2.07. The van der Waals surface area contributed by atoms with E-state index in [0.717, 1.165) is 12.1 Å². The fraction of sp³-hybridized carbons (Fsp3) is 0. The van der Waals surface area contributed by atoms with Crippen molar-refractivity contribution in [3.63, 3.8) is 0 Å². The summed E-state index contributed by atoms with van der Waals surface area (Å²) in [5.74, 6) is -1.000. The van der Waals surface area contributed by atoms with Crippen molar-refractivity contribution in [1.82, 2.24) is 4.98 Å². The minimum Gasteiger partial charge on any atom is -0.384 e. The molecule has 2 aromatic rings. The molecule has 7 heteroatoms. The number of nitrogens with two attached hydrogens (primary N) is 1. The van der Waals surface area contributed by atoms with Crippen molar-refractivity contribution in [2.24, 2.45) is 0 Å². The average molecular weight is 300 g/mol. The van der Waals surface area contributed by atoms with Crippen LogP contribution in [0.4, 0.5) is 15.9 Å². The largest absolute Gasteiger partial charge is 0.384 e. The number of pyridine rings is 1. The molecule has 0 aliphatic carbocycles. The summed E-state index contributed by atoms with van der Waals surface area (Å²) in [4.78, 5) is 15.8. The van der Waals surface area contributed by atoms with Crippen LogP contribution in [0, 0.1) is 5.82 Å². The predicted molar refractivity (Wildman–Crippen MR) is 73.0 cm³/mol. The molecule has 1 aromatic carbocycles. The number of benzene rings is 1. The molecule has 0 spiro atoms. The number of carbonyl (C=O) groups excluding carboxylic acids is 1. The van der Waals surface area contributed by atoms with Gasteiger partial charge in [-0.3, -0.25) is 4.79 Å². The maximum atomic E-state index is 13.1. The molecule has 0 unspecified atom stereocenters. The highest BCUT2D eigenvalue weighted by Gasteiger charge is 2.13. The molecule has 98 valence electrons. The van der Waals surface area contributed by atoms with Crippen LogP contribution in [-0.4, -0.2) is 10.9 Å². The number of nitrogens with one attached hydrogen (secondary N) is 1. The van der Waals surface area contributed by atoms with Crippen molar-refractivity contribution in [1.29, 1.82) is 0 Å². The molecule has 0 fully saturated rings. The van der Waals surface area contributed by atoms with Gasteiger partial charge in [0.05, 0.1) is 5.02 Å². The van der Waals surface area contributed by atoms with Gasteiger partial charge in [-0.15, -0.1) is 0 Å². The number of hydrogen-bond donors (Lipinski definition) is 2. The van der Waals surface area contributed by atoms with Crippen molar-refractivity contribution in [2.75, 3.05) is 11.1 Å². The molecular weight excluding hydrogens is 292 g/mol. The molecule has 0 bridgehead atoms. The quantitative estimate of drug-likeness (QED) is 0.893. The SMILES string of the molecule is Nc1ccc(Cl)c(C(=O)Nc2cc(F)cc(Cl)c2)n1. The van der Waals surface area contributed by atoms with Crippen LogP contribution in [-0.2, 0) is 0 Å². The molecule has 0 saturated heterocycles. The van der Waals surface area contributed by atoms with Crippen molar-refractivity contribution < 1.29 is 9.18 Å². The Kier molecular flexibility index (Phi) is 3.87. The number of nitrogen functional groups attached to an aromatic ring is 1. The van der Waals surface area contributed by atoms with E-state index < -0.39 is 11.7 Å². The van der Waals surface area contributed by atoms with Crippen LogP contribution in [0.2, 0.25) is 10.0 Å². The standard InChI is InChI=1S/C12H8Cl2FN3O/c13-6-3-7(15)5-8(4-6)17-12(19)11-9(14)1-2-10(16)18-11/h1-5H,(H2,16,18)(H,17,19). The predicted octanol–water partition coefficient (Wildman–Crippen LogP) is 3.36. The van der Waals surface area contributed by atoms with Crippen LogP contribution < -0.4 is 11.1 Å². The summed E-state index contributed by atoms with van der Waals surface area (Å²) in [6.07, 6.45) is 0. The highest BCUT2D eigenvalue weighted by atomic mass is 35.5. The van der Waals surface area contributed by atoms with Crippen LogP contribution in [0.15, 0.2) is 30.3 Å². The van der Waals surface area contributed by atoms with Crippen LogP contribution in [0.25, 0.3) is 0 Å². The van der Waals surface area contributed by atoms with Gasteiger partial charge in [-0.1, -0.05) is 23.2 Å². The molecule has 3 N–H and O–H groups in total. The molecule has 1 aromatic heterocycles. The third kappa shape index (κ3) is 3.33. The van der Waals surface area contributed by atoms with Gasteiger partial charge >= 0.3 is 0 Å². The Labute approximate surface area is 118 Å². The lowest BCUT2D eigenvalue weighted by molar-refractivity contribution is 0.102. The third-order valence-electron chi connectivity index (χ3n) is 2.20. The van der Waals surface area contributed by atoms with Gasteiger partial charge < -0.3 is 11.1 Å². The van der Waals surface area contributed by atoms with Gasteiger partial charge in [0.25, 0.3) is 5.91 Å². The zero-order chi connectivity index (χ0) is 14.0. The summed E-state index contributed by atoms with van der Waals surface area (Å²) in [5.41, 5.74) is 5.64. The molecule has 0 radical (unpaired) electrons. The summed E-state index contributed by atoms with van der Waals surface area (Å²) in [7, 11) is 0. The summed E-state index contributed by atoms with van der Waals surface area (Å²) in [6.45, 7) is 0. The smallest absolute Gasteiger partial charge is 0.275 e. The Balaban J connectivity index is 2.28. The number of rotatable bonds is 2. The van der Waals surface area contributed by atoms with Crippen LogP contribution in [0.1, 0.15) is 10.5 Å². The van der Waals surface area contributed by atoms with Crippen molar-refractivity contribution in [3.05, 3.63) is 51.9 Å². The topological polar surface area (TPSA) is 68.0 Å². The van der Waals surface area contributed by atoms with E-state index in [4.69, 9.17) is 28.9 Å². The van der Waals surface area contributed by atoms with E-state index in [2.05, 4.69) is 10.3 Å². The Bertz CT molecular complexity index is 629. The zero-order valence-electron chi connectivity index (χ0n) is 9.45. The van der Waals surface area contributed by atoms with E-state index >= 15 is 0 Å². The normalized spacial score (nSPS) is 10.3. The second kappa shape index (κ2) is 5.42. The van der Waals surface area contributed by atoms with E-state index in [9.17, 15) is 9.18 Å². The van der Waals surface area contributed by atoms with E-state index in [-0.39, 0.29) is 27.2 Å². The maximum Gasteiger partial charge on any atom is 0.275 e. The van der Waals surface area contributed by atoms with E-state index in [1.807, 2.05) is 0 Å². The van der Waals surface area contributed by atoms with Gasteiger partial charge in [0, 0.05) is 10.7 Å². The van der Waals surface area contributed by atoms with Crippen LogP contribution >= 0.6 is 23.2 Å². The Morgan fingerprint density at radius 3 is 2.68 bits per heavy atom. The maximum absolute atomic E-state index is 13.1. The van der Waals surface area contributed by atoms with Gasteiger partial charge in [0.15, 0.2) is 0 Å². The molecule has 2 rings (SSSR count). The third-order valence-corrected chi connectivity index (χ3v) is 2.73. The van der Waals surface area contributed by atoms with E-state index in [0.29, 0.717) is 0 Å². The first-order valence-electron chi connectivity index (χ1n) is 5.15. The van der Waals surface area contributed by atoms with Crippen molar-refractivity contribution in [2.45, 2.75) is 0 Å². The summed E-state index contributed by atoms with van der Waals surface area (Å²) in [6, 6.07) is 6.59. The number of nitrogens with zero attached hydrogens (tertiary/aromatic N) is 1. The molecule has 0 atom stereocenters. The first-order chi connectivity index (χ1) is 8.95. The second-order valence-corrected chi connectivity index (χ2v) is 4.52. The molecular formula is C12H8Cl2FN3O. The first kappa shape index (κ1) is 13.6. The highest BCUT2D eigenvalue weighted by molar-refractivity contribution is 6.34. The molecule has 0 aliphatic heterocycles. The van der Waals surface area contributed by atoms with Gasteiger partial charge in [-0.25, -0.2) is 9.37 Å². The monoisotopic (exact) mass is 299 g/mol. The Morgan fingerprint density at radius 2 is 2.00 bits per heavy atom. The fourth-order valence-corrected chi connectivity index (χ4v) is 1.85. The summed E-state index contributed by atoms with van der Waals surface area (Å²) < 4.78 is 13.1. The molecule has 4 nitrogen and oxygen atoms in total. The molecule has 1 amide bonds. The minimum absolute atomic E-state index is 0.0398. The Hall–Kier alpha value is -1.85. The number of hydrogen-bond acceptors (Lipinski definition) is 3. The molecule has 0 aliphatic rings. The zero-order valence-corrected chi connectivity index (χ0v) is 11.0. The molecule has 1 heterocycles. The lowest BCUT2D eigenvalue weighted by atomic mass is 10.2. The molecule has 0 saturated carbocycles. The first-order valence-corrected chi connectivity index (χ1v) is 5.91. The van der Waals surface area contributed by atoms with Gasteiger partial charge in [-0.05, 0) is 30.3 Å². The molecule has 19 heavy (non-hydrogen) atoms. The second-order valence-electron chi connectivity index (χ2n) is 3.68. The van der Waals surface area contributed by atoms with E-state index in [1.165, 1.54) is 18.2 Å². The number of anilines is 2. The van der Waals surface area contributed by atoms with Crippen molar-refractivity contribution in [3.8, 4) is 0 Å². The van der Waals surface area contributed by atoms with Crippen LogP contribution in [0.5, 0.6) is 0 Å². The fourth-order valence-electron chi connectivity index (χ4n) is 1.43. The average Bonchev–Trinajstić information content (AvgIpc) is 2.30. The van der Waals surface area contributed by atoms with Gasteiger partial charge in [0.2, 0.25) is 0 Å². The number of halogens is 3. The lowest BCUT2D eigenvalue weighted by Crippen LogP contribution is -2.15. The van der Waals surface area contributed by atoms with Crippen LogP contribution in [0.3, 0.4) is 0 Å². The highest BCUT2D eigenvalue weighted by Crippen LogP contribution is 2.20. The minimum atomic E-state index is -0.598. The number of amides is 1. The summed E-state index contributed by atoms with van der Waals surface area (Å²) in [5, 5.41) is 2.76. The van der Waals surface area contributed by atoms with Crippen molar-refractivity contribution >= 4 is 40.6 Å².